The van der Waals surface area contributed by atoms with Gasteiger partial charge in [0.1, 0.15) is 11.3 Å². The second-order valence-electron chi connectivity index (χ2n) is 9.53. The number of rotatable bonds is 6. The van der Waals surface area contributed by atoms with E-state index in [9.17, 15) is 0 Å². The van der Waals surface area contributed by atoms with Crippen LogP contribution in [0.15, 0.2) is 48.7 Å². The van der Waals surface area contributed by atoms with Crippen molar-refractivity contribution in [3.05, 3.63) is 76.9 Å². The molecule has 5 nitrogen and oxygen atoms in total. The SMILES string of the molecule is CCc1nc2c(C)cc(C)nc2n1Cc1ccc(C=CCN2CCN3C=CCC3C2C)cc1. The quantitative estimate of drug-likeness (QED) is 0.542. The molecular weight excluding hydrogens is 406 g/mol. The van der Waals surface area contributed by atoms with E-state index in [2.05, 4.69) is 96.8 Å². The fourth-order valence-corrected chi connectivity index (χ4v) is 5.37. The van der Waals surface area contributed by atoms with Gasteiger partial charge in [0, 0.05) is 43.8 Å². The van der Waals surface area contributed by atoms with Crippen molar-refractivity contribution in [1.29, 1.82) is 0 Å². The van der Waals surface area contributed by atoms with Crippen molar-refractivity contribution in [2.24, 2.45) is 0 Å². The van der Waals surface area contributed by atoms with Crippen molar-refractivity contribution < 1.29 is 0 Å². The zero-order chi connectivity index (χ0) is 22.9. The summed E-state index contributed by atoms with van der Waals surface area (Å²) in [5.74, 6) is 1.10. The summed E-state index contributed by atoms with van der Waals surface area (Å²) in [5.41, 5.74) is 6.81. The molecule has 172 valence electrons. The third kappa shape index (κ3) is 4.34. The van der Waals surface area contributed by atoms with Gasteiger partial charge in [-0.2, -0.15) is 0 Å². The van der Waals surface area contributed by atoms with Crippen LogP contribution >= 0.6 is 0 Å². The molecule has 0 amide bonds. The van der Waals surface area contributed by atoms with Gasteiger partial charge in [0.25, 0.3) is 0 Å². The third-order valence-electron chi connectivity index (χ3n) is 7.27. The molecule has 0 N–H and O–H groups in total. The molecule has 4 heterocycles. The molecule has 0 aliphatic carbocycles. The van der Waals surface area contributed by atoms with E-state index in [0.29, 0.717) is 12.1 Å². The fraction of sp³-hybridized carbons (Fsp3) is 0.429. The summed E-state index contributed by atoms with van der Waals surface area (Å²) in [7, 11) is 0. The normalized spacial score (nSPS) is 20.9. The molecule has 2 aromatic heterocycles. The van der Waals surface area contributed by atoms with Gasteiger partial charge in [-0.1, -0.05) is 49.4 Å². The molecule has 2 unspecified atom stereocenters. The van der Waals surface area contributed by atoms with Crippen LogP contribution in [0.1, 0.15) is 48.5 Å². The van der Waals surface area contributed by atoms with Crippen LogP contribution in [0.5, 0.6) is 0 Å². The molecule has 5 heteroatoms. The molecule has 2 aliphatic heterocycles. The van der Waals surface area contributed by atoms with Crippen molar-refractivity contribution in [1.82, 2.24) is 24.3 Å². The van der Waals surface area contributed by atoms with Crippen LogP contribution in [0.2, 0.25) is 0 Å². The Labute approximate surface area is 197 Å². The number of nitrogens with zero attached hydrogens (tertiary/aromatic N) is 5. The molecule has 0 bridgehead atoms. The lowest BCUT2D eigenvalue weighted by molar-refractivity contribution is 0.0764. The van der Waals surface area contributed by atoms with Crippen LogP contribution in [0, 0.1) is 13.8 Å². The van der Waals surface area contributed by atoms with Crippen molar-refractivity contribution in [3.63, 3.8) is 0 Å². The number of aromatic nitrogens is 3. The minimum absolute atomic E-state index is 0.597. The van der Waals surface area contributed by atoms with Crippen LogP contribution in [-0.2, 0) is 13.0 Å². The predicted octanol–water partition coefficient (Wildman–Crippen LogP) is 4.96. The Balaban J connectivity index is 1.26. The van der Waals surface area contributed by atoms with E-state index in [1.54, 1.807) is 0 Å². The summed E-state index contributed by atoms with van der Waals surface area (Å²) >= 11 is 0. The summed E-state index contributed by atoms with van der Waals surface area (Å²) in [6.07, 6.45) is 11.3. The maximum atomic E-state index is 4.87. The Kier molecular flexibility index (Phi) is 6.07. The van der Waals surface area contributed by atoms with Crippen LogP contribution in [0.25, 0.3) is 17.2 Å². The standard InChI is InChI=1S/C28H35N5/c1-5-26-30-27-20(2)18-21(3)29-28(27)33(26)19-24-12-10-23(11-13-24)8-6-14-31-16-17-32-15-7-9-25(32)22(31)4/h6-8,10-13,15,18,22,25H,5,9,14,16-17,19H2,1-4H3. The number of hydrogen-bond donors (Lipinski definition) is 0. The van der Waals surface area contributed by atoms with Gasteiger partial charge < -0.3 is 9.47 Å². The number of fused-ring (bicyclic) bond motifs is 2. The number of aryl methyl sites for hydroxylation is 3. The van der Waals surface area contributed by atoms with Gasteiger partial charge >= 0.3 is 0 Å². The van der Waals surface area contributed by atoms with Crippen molar-refractivity contribution >= 4 is 17.2 Å². The number of imidazole rings is 1. The highest BCUT2D eigenvalue weighted by molar-refractivity contribution is 5.76. The van der Waals surface area contributed by atoms with Gasteiger partial charge in [-0.3, -0.25) is 4.90 Å². The maximum absolute atomic E-state index is 4.87. The lowest BCUT2D eigenvalue weighted by Crippen LogP contribution is -2.54. The van der Waals surface area contributed by atoms with E-state index < -0.39 is 0 Å². The average Bonchev–Trinajstić information content (AvgIpc) is 3.42. The van der Waals surface area contributed by atoms with E-state index in [0.717, 1.165) is 55.3 Å². The highest BCUT2D eigenvalue weighted by Gasteiger charge is 2.32. The van der Waals surface area contributed by atoms with Crippen molar-refractivity contribution in [3.8, 4) is 0 Å². The van der Waals surface area contributed by atoms with Gasteiger partial charge in [0.05, 0.1) is 6.54 Å². The number of pyridine rings is 1. The highest BCUT2D eigenvalue weighted by Crippen LogP contribution is 2.25. The number of piperazine rings is 1. The first-order valence-corrected chi connectivity index (χ1v) is 12.3. The summed E-state index contributed by atoms with van der Waals surface area (Å²) in [4.78, 5) is 14.8. The molecule has 1 aromatic carbocycles. The van der Waals surface area contributed by atoms with Crippen molar-refractivity contribution in [2.75, 3.05) is 19.6 Å². The molecule has 1 fully saturated rings. The molecular formula is C28H35N5. The Hall–Kier alpha value is -2.92. The van der Waals surface area contributed by atoms with E-state index in [-0.39, 0.29) is 0 Å². The largest absolute Gasteiger partial charge is 0.372 e. The van der Waals surface area contributed by atoms with Gasteiger partial charge in [0.2, 0.25) is 0 Å². The summed E-state index contributed by atoms with van der Waals surface area (Å²) in [5, 5.41) is 0. The zero-order valence-electron chi connectivity index (χ0n) is 20.3. The van der Waals surface area contributed by atoms with Crippen LogP contribution in [-0.4, -0.2) is 56.1 Å². The average molecular weight is 442 g/mol. The van der Waals surface area contributed by atoms with Crippen molar-refractivity contribution in [2.45, 2.75) is 59.2 Å². The first-order valence-electron chi connectivity index (χ1n) is 12.3. The Morgan fingerprint density at radius 3 is 2.70 bits per heavy atom. The first kappa shape index (κ1) is 21.9. The maximum Gasteiger partial charge on any atom is 0.160 e. The third-order valence-corrected chi connectivity index (χ3v) is 7.27. The van der Waals surface area contributed by atoms with Crippen LogP contribution in [0.4, 0.5) is 0 Å². The molecule has 3 aromatic rings. The first-order chi connectivity index (χ1) is 16.0. The minimum Gasteiger partial charge on any atom is -0.372 e. The Bertz CT molecular complexity index is 1190. The predicted molar refractivity (Wildman–Crippen MR) is 136 cm³/mol. The van der Waals surface area contributed by atoms with Gasteiger partial charge in [0.15, 0.2) is 5.65 Å². The summed E-state index contributed by atoms with van der Waals surface area (Å²) in [6.45, 7) is 12.8. The topological polar surface area (TPSA) is 37.2 Å². The molecule has 2 atom stereocenters. The number of hydrogen-bond acceptors (Lipinski definition) is 4. The molecule has 0 spiro atoms. The second kappa shape index (κ2) is 9.14. The van der Waals surface area contributed by atoms with Crippen LogP contribution in [0.3, 0.4) is 0 Å². The Morgan fingerprint density at radius 1 is 1.09 bits per heavy atom. The second-order valence-corrected chi connectivity index (χ2v) is 9.53. The Morgan fingerprint density at radius 2 is 1.91 bits per heavy atom. The van der Waals surface area contributed by atoms with E-state index in [1.807, 2.05) is 0 Å². The van der Waals surface area contributed by atoms with E-state index >= 15 is 0 Å². The molecule has 1 saturated heterocycles. The van der Waals surface area contributed by atoms with Gasteiger partial charge in [-0.25, -0.2) is 9.97 Å². The fourth-order valence-electron chi connectivity index (χ4n) is 5.37. The molecule has 5 rings (SSSR count). The van der Waals surface area contributed by atoms with Gasteiger partial charge in [-0.05, 0) is 56.1 Å². The lowest BCUT2D eigenvalue weighted by atomic mass is 10.0. The summed E-state index contributed by atoms with van der Waals surface area (Å²) < 4.78 is 2.28. The number of benzene rings is 1. The zero-order valence-corrected chi connectivity index (χ0v) is 20.3. The molecule has 0 saturated carbocycles. The minimum atomic E-state index is 0.597. The van der Waals surface area contributed by atoms with Crippen LogP contribution < -0.4 is 0 Å². The van der Waals surface area contributed by atoms with E-state index in [1.165, 1.54) is 23.1 Å². The van der Waals surface area contributed by atoms with E-state index in [4.69, 9.17) is 9.97 Å². The smallest absolute Gasteiger partial charge is 0.160 e. The highest BCUT2D eigenvalue weighted by atomic mass is 15.3. The monoisotopic (exact) mass is 441 g/mol. The molecule has 2 aliphatic rings. The van der Waals surface area contributed by atoms with Gasteiger partial charge in [-0.15, -0.1) is 0 Å². The molecule has 0 radical (unpaired) electrons. The molecule has 33 heavy (non-hydrogen) atoms. The summed E-state index contributed by atoms with van der Waals surface area (Å²) in [6, 6.07) is 12.3. The lowest BCUT2D eigenvalue weighted by Gasteiger charge is -2.43.